The highest BCUT2D eigenvalue weighted by Crippen LogP contribution is 2.22. The zero-order valence-electron chi connectivity index (χ0n) is 14.9. The average molecular weight is 335 g/mol. The molecule has 1 saturated heterocycles. The summed E-state index contributed by atoms with van der Waals surface area (Å²) in [6.07, 6.45) is 3.82. The maximum absolute atomic E-state index is 13.7. The topological polar surface area (TPSA) is 44.4 Å². The Balaban J connectivity index is 1.63. The molecule has 0 bridgehead atoms. The lowest BCUT2D eigenvalue weighted by molar-refractivity contribution is -0.122. The number of piperidine rings is 1. The second kappa shape index (κ2) is 9.62. The standard InChI is InChI=1S/C19H30FN3O/c1-15(16-7-5-10-21-14-16)13-19(24)22-11-6-12-23(2)18-9-4-3-8-17(18)20/h3-4,8-9,15-16,21H,5-7,10-14H2,1-2H3,(H,22,24). The Labute approximate surface area is 144 Å². The lowest BCUT2D eigenvalue weighted by Gasteiger charge is -2.28. The van der Waals surface area contributed by atoms with Crippen LogP contribution in [0.2, 0.25) is 0 Å². The zero-order chi connectivity index (χ0) is 17.4. The second-order valence-corrected chi connectivity index (χ2v) is 6.86. The van der Waals surface area contributed by atoms with E-state index in [4.69, 9.17) is 0 Å². The van der Waals surface area contributed by atoms with Gasteiger partial charge in [-0.05, 0) is 56.3 Å². The van der Waals surface area contributed by atoms with Crippen molar-refractivity contribution in [2.75, 3.05) is 38.1 Å². The molecule has 1 aromatic carbocycles. The van der Waals surface area contributed by atoms with Gasteiger partial charge in [-0.1, -0.05) is 19.1 Å². The van der Waals surface area contributed by atoms with Crippen molar-refractivity contribution in [2.45, 2.75) is 32.6 Å². The van der Waals surface area contributed by atoms with Gasteiger partial charge in [0.2, 0.25) is 5.91 Å². The number of rotatable bonds is 8. The van der Waals surface area contributed by atoms with Crippen molar-refractivity contribution in [1.29, 1.82) is 0 Å². The Hall–Kier alpha value is -1.62. The van der Waals surface area contributed by atoms with E-state index in [2.05, 4.69) is 17.6 Å². The highest BCUT2D eigenvalue weighted by atomic mass is 19.1. The first kappa shape index (κ1) is 18.7. The molecule has 2 rings (SSSR count). The Kier molecular flexibility index (Phi) is 7.50. The van der Waals surface area contributed by atoms with E-state index in [1.807, 2.05) is 18.0 Å². The molecule has 2 N–H and O–H groups in total. The van der Waals surface area contributed by atoms with Gasteiger partial charge in [-0.3, -0.25) is 4.79 Å². The molecule has 2 unspecified atom stereocenters. The molecule has 4 nitrogen and oxygen atoms in total. The summed E-state index contributed by atoms with van der Waals surface area (Å²) < 4.78 is 13.7. The van der Waals surface area contributed by atoms with E-state index < -0.39 is 0 Å². The van der Waals surface area contributed by atoms with Gasteiger partial charge >= 0.3 is 0 Å². The van der Waals surface area contributed by atoms with Gasteiger partial charge in [-0.15, -0.1) is 0 Å². The fourth-order valence-electron chi connectivity index (χ4n) is 3.32. The quantitative estimate of drug-likeness (QED) is 0.718. The number of carbonyl (C=O) groups is 1. The molecular formula is C19H30FN3O. The first-order valence-electron chi connectivity index (χ1n) is 9.01. The number of nitrogens with one attached hydrogen (secondary N) is 2. The molecule has 0 aliphatic carbocycles. The Morgan fingerprint density at radius 1 is 1.46 bits per heavy atom. The summed E-state index contributed by atoms with van der Waals surface area (Å²) >= 11 is 0. The molecule has 1 aliphatic rings. The Morgan fingerprint density at radius 3 is 2.96 bits per heavy atom. The Morgan fingerprint density at radius 2 is 2.25 bits per heavy atom. The normalized spacial score (nSPS) is 18.9. The first-order valence-corrected chi connectivity index (χ1v) is 9.01. The van der Waals surface area contributed by atoms with E-state index in [9.17, 15) is 9.18 Å². The second-order valence-electron chi connectivity index (χ2n) is 6.86. The number of benzene rings is 1. The van der Waals surface area contributed by atoms with Crippen LogP contribution in [0.5, 0.6) is 0 Å². The van der Waals surface area contributed by atoms with Crippen LogP contribution >= 0.6 is 0 Å². The monoisotopic (exact) mass is 335 g/mol. The molecule has 0 radical (unpaired) electrons. The van der Waals surface area contributed by atoms with Crippen LogP contribution in [0.4, 0.5) is 10.1 Å². The van der Waals surface area contributed by atoms with Gasteiger partial charge in [0.05, 0.1) is 5.69 Å². The van der Waals surface area contributed by atoms with Crippen LogP contribution in [-0.4, -0.2) is 39.1 Å². The molecular weight excluding hydrogens is 305 g/mol. The highest BCUT2D eigenvalue weighted by Gasteiger charge is 2.21. The van der Waals surface area contributed by atoms with Gasteiger partial charge in [0, 0.05) is 26.6 Å². The fourth-order valence-corrected chi connectivity index (χ4v) is 3.32. The van der Waals surface area contributed by atoms with Crippen LogP contribution in [0, 0.1) is 17.7 Å². The zero-order valence-corrected chi connectivity index (χ0v) is 14.9. The van der Waals surface area contributed by atoms with Gasteiger partial charge in [-0.25, -0.2) is 4.39 Å². The highest BCUT2D eigenvalue weighted by molar-refractivity contribution is 5.76. The first-order chi connectivity index (χ1) is 11.6. The summed E-state index contributed by atoms with van der Waals surface area (Å²) in [4.78, 5) is 13.9. The maximum Gasteiger partial charge on any atom is 0.220 e. The van der Waals surface area contributed by atoms with Crippen molar-refractivity contribution < 1.29 is 9.18 Å². The summed E-state index contributed by atoms with van der Waals surface area (Å²) in [5.41, 5.74) is 0.599. The largest absolute Gasteiger partial charge is 0.372 e. The van der Waals surface area contributed by atoms with Crippen LogP contribution in [0.25, 0.3) is 0 Å². The molecule has 0 aromatic heterocycles. The van der Waals surface area contributed by atoms with E-state index in [0.717, 1.165) is 19.5 Å². The van der Waals surface area contributed by atoms with Crippen molar-refractivity contribution in [3.05, 3.63) is 30.1 Å². The molecule has 1 aromatic rings. The number of nitrogens with zero attached hydrogens (tertiary/aromatic N) is 1. The summed E-state index contributed by atoms with van der Waals surface area (Å²) in [6.45, 7) is 5.65. The summed E-state index contributed by atoms with van der Waals surface area (Å²) in [6, 6.07) is 6.76. The molecule has 0 saturated carbocycles. The van der Waals surface area contributed by atoms with Crippen molar-refractivity contribution in [3.63, 3.8) is 0 Å². The number of halogens is 1. The Bertz CT molecular complexity index is 517. The van der Waals surface area contributed by atoms with Crippen molar-refractivity contribution in [1.82, 2.24) is 10.6 Å². The van der Waals surface area contributed by atoms with Gasteiger partial charge < -0.3 is 15.5 Å². The van der Waals surface area contributed by atoms with Gasteiger partial charge in [-0.2, -0.15) is 0 Å². The van der Waals surface area contributed by atoms with Crippen molar-refractivity contribution in [3.8, 4) is 0 Å². The van der Waals surface area contributed by atoms with Gasteiger partial charge in [0.25, 0.3) is 0 Å². The van der Waals surface area contributed by atoms with Crippen LogP contribution in [-0.2, 0) is 4.79 Å². The van der Waals surface area contributed by atoms with Crippen LogP contribution in [0.15, 0.2) is 24.3 Å². The minimum atomic E-state index is -0.209. The number of anilines is 1. The third-order valence-electron chi connectivity index (χ3n) is 4.90. The molecule has 2 atom stereocenters. The summed E-state index contributed by atoms with van der Waals surface area (Å²) in [5, 5.41) is 6.40. The number of hydrogen-bond donors (Lipinski definition) is 2. The van der Waals surface area contributed by atoms with E-state index in [1.54, 1.807) is 12.1 Å². The number of carbonyl (C=O) groups excluding carboxylic acids is 1. The minimum Gasteiger partial charge on any atom is -0.372 e. The van der Waals surface area contributed by atoms with E-state index in [-0.39, 0.29) is 11.7 Å². The predicted molar refractivity (Wildman–Crippen MR) is 96.7 cm³/mol. The smallest absolute Gasteiger partial charge is 0.220 e. The van der Waals surface area contributed by atoms with Crippen LogP contribution < -0.4 is 15.5 Å². The summed E-state index contributed by atoms with van der Waals surface area (Å²) in [5.74, 6) is 0.941. The predicted octanol–water partition coefficient (Wildman–Crippen LogP) is 2.79. The maximum atomic E-state index is 13.7. The van der Waals surface area contributed by atoms with Crippen molar-refractivity contribution >= 4 is 11.6 Å². The van der Waals surface area contributed by atoms with Crippen molar-refractivity contribution in [2.24, 2.45) is 11.8 Å². The molecule has 1 heterocycles. The molecule has 134 valence electrons. The molecule has 1 amide bonds. The van der Waals surface area contributed by atoms with Crippen LogP contribution in [0.3, 0.4) is 0 Å². The summed E-state index contributed by atoms with van der Waals surface area (Å²) in [7, 11) is 1.87. The SMILES string of the molecule is CC(CC(=O)NCCCN(C)c1ccccc1F)C1CCCNC1. The third-order valence-corrected chi connectivity index (χ3v) is 4.90. The number of hydrogen-bond acceptors (Lipinski definition) is 3. The molecule has 0 spiro atoms. The minimum absolute atomic E-state index is 0.126. The van der Waals surface area contributed by atoms with Gasteiger partial charge in [0.15, 0.2) is 0 Å². The fraction of sp³-hybridized carbons (Fsp3) is 0.632. The molecule has 5 heteroatoms. The molecule has 1 fully saturated rings. The van der Waals surface area contributed by atoms with Gasteiger partial charge in [0.1, 0.15) is 5.82 Å². The molecule has 1 aliphatic heterocycles. The van der Waals surface area contributed by atoms with E-state index in [1.165, 1.54) is 18.9 Å². The van der Waals surface area contributed by atoms with Crippen LogP contribution in [0.1, 0.15) is 32.6 Å². The van der Waals surface area contributed by atoms with E-state index >= 15 is 0 Å². The lowest BCUT2D eigenvalue weighted by atomic mass is 9.85. The average Bonchev–Trinajstić information content (AvgIpc) is 2.59. The number of para-hydroxylation sites is 1. The lowest BCUT2D eigenvalue weighted by Crippen LogP contribution is -2.36. The third kappa shape index (κ3) is 5.78. The number of amides is 1. The van der Waals surface area contributed by atoms with E-state index in [0.29, 0.717) is 37.0 Å². The molecule has 24 heavy (non-hydrogen) atoms.